The molecule has 0 aliphatic heterocycles. The predicted octanol–water partition coefficient (Wildman–Crippen LogP) is 2.97. The van der Waals surface area contributed by atoms with E-state index in [-0.39, 0.29) is 4.90 Å². The number of benzene rings is 1. The van der Waals surface area contributed by atoms with Crippen LogP contribution >= 0.6 is 11.3 Å². The highest BCUT2D eigenvalue weighted by atomic mass is 32.2. The molecule has 0 saturated carbocycles. The molecule has 0 spiro atoms. The van der Waals surface area contributed by atoms with Crippen LogP contribution in [-0.2, 0) is 10.1 Å². The van der Waals surface area contributed by atoms with Gasteiger partial charge in [-0.15, -0.1) is 11.3 Å². The van der Waals surface area contributed by atoms with Gasteiger partial charge in [0.25, 0.3) is 10.1 Å². The van der Waals surface area contributed by atoms with Crippen molar-refractivity contribution in [2.75, 3.05) is 0 Å². The van der Waals surface area contributed by atoms with E-state index in [4.69, 9.17) is 4.55 Å². The highest BCUT2D eigenvalue weighted by Gasteiger charge is 2.12. The van der Waals surface area contributed by atoms with Crippen LogP contribution in [0.25, 0.3) is 10.4 Å². The Kier molecular flexibility index (Phi) is 2.84. The molecule has 0 unspecified atom stereocenters. The fourth-order valence-electron chi connectivity index (χ4n) is 1.46. The molecule has 1 heterocycles. The lowest BCUT2D eigenvalue weighted by atomic mass is 10.1. The molecular formula is C11H10O3S2. The Morgan fingerprint density at radius 1 is 1.25 bits per heavy atom. The summed E-state index contributed by atoms with van der Waals surface area (Å²) in [5.74, 6) is 0. The van der Waals surface area contributed by atoms with Gasteiger partial charge in [0.1, 0.15) is 0 Å². The number of rotatable bonds is 2. The minimum absolute atomic E-state index is 0.0681. The molecule has 1 aromatic carbocycles. The molecule has 3 nitrogen and oxygen atoms in total. The molecule has 0 fully saturated rings. The number of hydrogen-bond acceptors (Lipinski definition) is 3. The number of hydrogen-bond donors (Lipinski definition) is 1. The van der Waals surface area contributed by atoms with E-state index in [1.807, 2.05) is 24.4 Å². The molecule has 16 heavy (non-hydrogen) atoms. The van der Waals surface area contributed by atoms with Crippen LogP contribution in [0.15, 0.2) is 40.6 Å². The van der Waals surface area contributed by atoms with Gasteiger partial charge >= 0.3 is 0 Å². The van der Waals surface area contributed by atoms with Crippen molar-refractivity contribution in [1.82, 2.24) is 0 Å². The minimum Gasteiger partial charge on any atom is -0.282 e. The summed E-state index contributed by atoms with van der Waals surface area (Å²) in [6, 6.07) is 8.41. The van der Waals surface area contributed by atoms with Gasteiger partial charge in [0.05, 0.1) is 4.90 Å². The number of aryl methyl sites for hydroxylation is 1. The first-order chi connectivity index (χ1) is 7.48. The first-order valence-electron chi connectivity index (χ1n) is 4.60. The molecule has 0 saturated heterocycles. The summed E-state index contributed by atoms with van der Waals surface area (Å²) in [6.07, 6.45) is 0. The molecule has 0 atom stereocenters. The van der Waals surface area contributed by atoms with Gasteiger partial charge in [-0.25, -0.2) is 0 Å². The second-order valence-electron chi connectivity index (χ2n) is 3.43. The van der Waals surface area contributed by atoms with Crippen LogP contribution in [0.3, 0.4) is 0 Å². The van der Waals surface area contributed by atoms with E-state index in [2.05, 4.69) is 0 Å². The zero-order chi connectivity index (χ0) is 11.8. The Bertz CT molecular complexity index is 598. The minimum atomic E-state index is -4.13. The second-order valence-corrected chi connectivity index (χ2v) is 5.80. The monoisotopic (exact) mass is 254 g/mol. The third kappa shape index (κ3) is 2.16. The molecule has 0 radical (unpaired) electrons. The van der Waals surface area contributed by atoms with E-state index in [0.717, 1.165) is 16.0 Å². The smallest absolute Gasteiger partial charge is 0.282 e. The molecule has 2 rings (SSSR count). The maximum absolute atomic E-state index is 11.0. The van der Waals surface area contributed by atoms with Crippen molar-refractivity contribution < 1.29 is 13.0 Å². The summed E-state index contributed by atoms with van der Waals surface area (Å²) in [7, 11) is -4.13. The zero-order valence-electron chi connectivity index (χ0n) is 8.54. The quantitative estimate of drug-likeness (QED) is 0.838. The van der Waals surface area contributed by atoms with Crippen LogP contribution in [0.1, 0.15) is 5.56 Å². The second kappa shape index (κ2) is 4.01. The SMILES string of the molecule is Cc1ccc(S(=O)(=O)O)cc1-c1cccs1. The average molecular weight is 254 g/mol. The summed E-state index contributed by atoms with van der Waals surface area (Å²) < 4.78 is 31.0. The molecule has 0 aliphatic rings. The predicted molar refractivity (Wildman–Crippen MR) is 64.3 cm³/mol. The third-order valence-electron chi connectivity index (χ3n) is 2.29. The third-order valence-corrected chi connectivity index (χ3v) is 4.05. The molecule has 0 aliphatic carbocycles. The number of thiophene rings is 1. The lowest BCUT2D eigenvalue weighted by molar-refractivity contribution is 0.483. The van der Waals surface area contributed by atoms with Gasteiger partial charge in [0.2, 0.25) is 0 Å². The average Bonchev–Trinajstić information content (AvgIpc) is 2.69. The molecule has 1 N–H and O–H groups in total. The van der Waals surface area contributed by atoms with Gasteiger partial charge in [0, 0.05) is 4.88 Å². The van der Waals surface area contributed by atoms with E-state index in [1.54, 1.807) is 6.07 Å². The van der Waals surface area contributed by atoms with Crippen molar-refractivity contribution in [2.45, 2.75) is 11.8 Å². The van der Waals surface area contributed by atoms with Gasteiger partial charge in [-0.1, -0.05) is 12.1 Å². The molecule has 2 aromatic rings. The zero-order valence-corrected chi connectivity index (χ0v) is 10.2. The van der Waals surface area contributed by atoms with Crippen LogP contribution in [-0.4, -0.2) is 13.0 Å². The van der Waals surface area contributed by atoms with Crippen LogP contribution in [0.2, 0.25) is 0 Å². The Morgan fingerprint density at radius 2 is 2.00 bits per heavy atom. The fraction of sp³-hybridized carbons (Fsp3) is 0.0909. The molecule has 0 amide bonds. The van der Waals surface area contributed by atoms with Gasteiger partial charge in [-0.2, -0.15) is 8.42 Å². The van der Waals surface area contributed by atoms with Crippen LogP contribution in [0.5, 0.6) is 0 Å². The van der Waals surface area contributed by atoms with Gasteiger partial charge in [0.15, 0.2) is 0 Å². The topological polar surface area (TPSA) is 54.4 Å². The van der Waals surface area contributed by atoms with E-state index in [1.165, 1.54) is 23.5 Å². The lowest BCUT2D eigenvalue weighted by Crippen LogP contribution is -1.98. The Labute approximate surface area is 98.1 Å². The lowest BCUT2D eigenvalue weighted by Gasteiger charge is -2.05. The largest absolute Gasteiger partial charge is 0.294 e. The Morgan fingerprint density at radius 3 is 2.56 bits per heavy atom. The van der Waals surface area contributed by atoms with Gasteiger partial charge in [-0.05, 0) is 41.6 Å². The van der Waals surface area contributed by atoms with Crippen LogP contribution in [0.4, 0.5) is 0 Å². The summed E-state index contributed by atoms with van der Waals surface area (Å²) >= 11 is 1.53. The Hall–Kier alpha value is -1.17. The molecule has 0 bridgehead atoms. The van der Waals surface area contributed by atoms with E-state index in [9.17, 15) is 8.42 Å². The van der Waals surface area contributed by atoms with E-state index in [0.29, 0.717) is 0 Å². The fourth-order valence-corrected chi connectivity index (χ4v) is 2.77. The molecule has 5 heteroatoms. The summed E-state index contributed by atoms with van der Waals surface area (Å²) in [4.78, 5) is 0.921. The molecule has 1 aromatic heterocycles. The summed E-state index contributed by atoms with van der Waals surface area (Å²) in [5, 5.41) is 1.93. The normalized spacial score (nSPS) is 11.6. The summed E-state index contributed by atoms with van der Waals surface area (Å²) in [6.45, 7) is 1.91. The van der Waals surface area contributed by atoms with E-state index < -0.39 is 10.1 Å². The standard InChI is InChI=1S/C11H10O3S2/c1-8-4-5-9(16(12,13)14)7-10(8)11-3-2-6-15-11/h2-7H,1H3,(H,12,13,14). The highest BCUT2D eigenvalue weighted by molar-refractivity contribution is 7.85. The van der Waals surface area contributed by atoms with Crippen molar-refractivity contribution in [3.63, 3.8) is 0 Å². The van der Waals surface area contributed by atoms with Crippen LogP contribution in [0, 0.1) is 6.92 Å². The first-order valence-corrected chi connectivity index (χ1v) is 6.92. The maximum Gasteiger partial charge on any atom is 0.294 e. The van der Waals surface area contributed by atoms with Crippen molar-refractivity contribution in [3.8, 4) is 10.4 Å². The van der Waals surface area contributed by atoms with Crippen molar-refractivity contribution in [2.24, 2.45) is 0 Å². The van der Waals surface area contributed by atoms with Crippen molar-refractivity contribution in [1.29, 1.82) is 0 Å². The first kappa shape index (κ1) is 11.3. The molecular weight excluding hydrogens is 244 g/mol. The highest BCUT2D eigenvalue weighted by Crippen LogP contribution is 2.29. The van der Waals surface area contributed by atoms with E-state index >= 15 is 0 Å². The maximum atomic E-state index is 11.0. The van der Waals surface area contributed by atoms with Crippen molar-refractivity contribution in [3.05, 3.63) is 41.3 Å². The summed E-state index contributed by atoms with van der Waals surface area (Å²) in [5.41, 5.74) is 1.82. The van der Waals surface area contributed by atoms with Gasteiger partial charge in [-0.3, -0.25) is 4.55 Å². The Balaban J connectivity index is 2.63. The van der Waals surface area contributed by atoms with Crippen molar-refractivity contribution >= 4 is 21.5 Å². The van der Waals surface area contributed by atoms with Gasteiger partial charge < -0.3 is 0 Å². The van der Waals surface area contributed by atoms with Crippen LogP contribution < -0.4 is 0 Å². The molecule has 84 valence electrons.